The number of thiophene rings is 1. The summed E-state index contributed by atoms with van der Waals surface area (Å²) in [6.07, 6.45) is 4.05. The van der Waals surface area contributed by atoms with Gasteiger partial charge < -0.3 is 10.6 Å². The smallest absolute Gasteiger partial charge is 0.243 e. The molecular weight excluding hydrogens is 416 g/mol. The third-order valence-electron chi connectivity index (χ3n) is 5.31. The fraction of sp³-hybridized carbons (Fsp3) is 0.500. The fourth-order valence-electron chi connectivity index (χ4n) is 3.56. The average Bonchev–Trinajstić information content (AvgIpc) is 3.28. The third kappa shape index (κ3) is 6.30. The maximum absolute atomic E-state index is 12.8. The van der Waals surface area contributed by atoms with E-state index in [0.29, 0.717) is 30.4 Å². The quantitative estimate of drug-likeness (QED) is 0.479. The summed E-state index contributed by atoms with van der Waals surface area (Å²) in [5, 5.41) is 8.78. The number of piperidine rings is 1. The summed E-state index contributed by atoms with van der Waals surface area (Å²) in [4.78, 5) is 6.05. The maximum atomic E-state index is 12.8. The van der Waals surface area contributed by atoms with Gasteiger partial charge in [-0.2, -0.15) is 4.31 Å². The lowest BCUT2D eigenvalue weighted by Gasteiger charge is -2.25. The van der Waals surface area contributed by atoms with Gasteiger partial charge in [-0.1, -0.05) is 31.5 Å². The first-order chi connectivity index (χ1) is 14.5. The standard InChI is InChI=1S/C22H32N4O2S2/c1-18(15-20-7-6-14-29-20)16-24-22(23-2)25-17-19-8-10-21(11-9-19)30(27,28)26-12-4-3-5-13-26/h6-11,14,18H,3-5,12-13,15-17H2,1-2H3,(H2,23,24,25). The number of benzene rings is 1. The minimum absolute atomic E-state index is 0.373. The lowest BCUT2D eigenvalue weighted by molar-refractivity contribution is 0.346. The minimum atomic E-state index is -3.38. The van der Waals surface area contributed by atoms with Gasteiger partial charge in [-0.25, -0.2) is 8.42 Å². The average molecular weight is 449 g/mol. The number of aliphatic imine (C=N–C) groups is 1. The summed E-state index contributed by atoms with van der Waals surface area (Å²) in [7, 11) is -1.62. The van der Waals surface area contributed by atoms with Crippen LogP contribution in [0.1, 0.15) is 36.6 Å². The molecule has 1 aliphatic heterocycles. The molecule has 164 valence electrons. The zero-order chi connectivity index (χ0) is 21.4. The number of hydrogen-bond donors (Lipinski definition) is 2. The van der Waals surface area contributed by atoms with Crippen molar-refractivity contribution in [2.24, 2.45) is 10.9 Å². The molecule has 1 saturated heterocycles. The van der Waals surface area contributed by atoms with Crippen LogP contribution in [0.3, 0.4) is 0 Å². The minimum Gasteiger partial charge on any atom is -0.356 e. The van der Waals surface area contributed by atoms with Crippen molar-refractivity contribution in [2.75, 3.05) is 26.7 Å². The highest BCUT2D eigenvalue weighted by Gasteiger charge is 2.25. The topological polar surface area (TPSA) is 73.8 Å². The van der Waals surface area contributed by atoms with Gasteiger partial charge in [0, 0.05) is 38.1 Å². The summed E-state index contributed by atoms with van der Waals surface area (Å²) in [5.74, 6) is 1.25. The first-order valence-electron chi connectivity index (χ1n) is 10.5. The van der Waals surface area contributed by atoms with Crippen LogP contribution in [-0.2, 0) is 23.0 Å². The van der Waals surface area contributed by atoms with Gasteiger partial charge in [-0.3, -0.25) is 4.99 Å². The lowest BCUT2D eigenvalue weighted by atomic mass is 10.1. The third-order valence-corrected chi connectivity index (χ3v) is 8.12. The molecule has 1 atom stereocenters. The molecule has 0 bridgehead atoms. The Bertz CT molecular complexity index is 903. The molecule has 6 nitrogen and oxygen atoms in total. The van der Waals surface area contributed by atoms with Gasteiger partial charge in [0.05, 0.1) is 4.90 Å². The van der Waals surface area contributed by atoms with Crippen molar-refractivity contribution in [3.8, 4) is 0 Å². The Hall–Kier alpha value is -1.90. The molecule has 2 heterocycles. The molecule has 0 saturated carbocycles. The summed E-state index contributed by atoms with van der Waals surface area (Å²) in [5.41, 5.74) is 1.02. The summed E-state index contributed by atoms with van der Waals surface area (Å²) in [6, 6.07) is 11.4. The van der Waals surface area contributed by atoms with Crippen LogP contribution in [-0.4, -0.2) is 45.4 Å². The van der Waals surface area contributed by atoms with Crippen molar-refractivity contribution in [3.63, 3.8) is 0 Å². The second kappa shape index (κ2) is 10.9. The predicted octanol–water partition coefficient (Wildman–Crippen LogP) is 3.47. The summed E-state index contributed by atoms with van der Waals surface area (Å²) >= 11 is 1.79. The van der Waals surface area contributed by atoms with Crippen LogP contribution in [0.2, 0.25) is 0 Å². The largest absolute Gasteiger partial charge is 0.356 e. The van der Waals surface area contributed by atoms with Crippen molar-refractivity contribution >= 4 is 27.3 Å². The van der Waals surface area contributed by atoms with Gasteiger partial charge in [0.15, 0.2) is 5.96 Å². The van der Waals surface area contributed by atoms with Crippen LogP contribution in [0, 0.1) is 5.92 Å². The summed E-state index contributed by atoms with van der Waals surface area (Å²) < 4.78 is 27.1. The number of nitrogens with one attached hydrogen (secondary N) is 2. The normalized spacial score (nSPS) is 16.9. The van der Waals surface area contributed by atoms with E-state index < -0.39 is 10.0 Å². The molecule has 3 rings (SSSR count). The maximum Gasteiger partial charge on any atom is 0.243 e. The predicted molar refractivity (Wildman–Crippen MR) is 124 cm³/mol. The molecular formula is C22H32N4O2S2. The number of nitrogens with zero attached hydrogens (tertiary/aromatic N) is 2. The van der Waals surface area contributed by atoms with Crippen molar-refractivity contribution < 1.29 is 8.42 Å². The lowest BCUT2D eigenvalue weighted by Crippen LogP contribution is -2.39. The van der Waals surface area contributed by atoms with Crippen molar-refractivity contribution in [1.82, 2.24) is 14.9 Å². The highest BCUT2D eigenvalue weighted by molar-refractivity contribution is 7.89. The van der Waals surface area contributed by atoms with Gasteiger partial charge in [-0.15, -0.1) is 11.3 Å². The Balaban J connectivity index is 1.48. The van der Waals surface area contributed by atoms with Gasteiger partial charge in [0.2, 0.25) is 10.0 Å². The molecule has 1 unspecified atom stereocenters. The number of rotatable bonds is 8. The Morgan fingerprint density at radius 3 is 2.50 bits per heavy atom. The molecule has 0 radical (unpaired) electrons. The zero-order valence-electron chi connectivity index (χ0n) is 17.8. The first-order valence-corrected chi connectivity index (χ1v) is 12.9. The second-order valence-electron chi connectivity index (χ2n) is 7.80. The van der Waals surface area contributed by atoms with E-state index in [9.17, 15) is 8.42 Å². The first kappa shape index (κ1) is 22.8. The van der Waals surface area contributed by atoms with Gasteiger partial charge in [0.1, 0.15) is 0 Å². The van der Waals surface area contributed by atoms with E-state index in [1.807, 2.05) is 12.1 Å². The number of hydrogen-bond acceptors (Lipinski definition) is 4. The van der Waals surface area contributed by atoms with E-state index in [2.05, 4.69) is 40.1 Å². The molecule has 0 spiro atoms. The SMILES string of the molecule is CN=C(NCc1ccc(S(=O)(=O)N2CCCCC2)cc1)NCC(C)Cc1cccs1. The van der Waals surface area contributed by atoms with Crippen molar-refractivity contribution in [1.29, 1.82) is 0 Å². The monoisotopic (exact) mass is 448 g/mol. The molecule has 0 aliphatic carbocycles. The molecule has 8 heteroatoms. The van der Waals surface area contributed by atoms with Crippen LogP contribution in [0.5, 0.6) is 0 Å². The number of guanidine groups is 1. The Kier molecular flexibility index (Phi) is 8.30. The van der Waals surface area contributed by atoms with E-state index in [-0.39, 0.29) is 0 Å². The number of sulfonamides is 1. The van der Waals surface area contributed by atoms with Crippen LogP contribution < -0.4 is 10.6 Å². The van der Waals surface area contributed by atoms with Crippen LogP contribution in [0.15, 0.2) is 51.7 Å². The van der Waals surface area contributed by atoms with Gasteiger partial charge in [0.25, 0.3) is 0 Å². The Morgan fingerprint density at radius 2 is 1.87 bits per heavy atom. The van der Waals surface area contributed by atoms with Crippen LogP contribution >= 0.6 is 11.3 Å². The molecule has 2 aromatic rings. The van der Waals surface area contributed by atoms with Crippen LogP contribution in [0.4, 0.5) is 0 Å². The fourth-order valence-corrected chi connectivity index (χ4v) is 5.94. The molecule has 1 aromatic heterocycles. The Morgan fingerprint density at radius 1 is 1.13 bits per heavy atom. The van der Waals surface area contributed by atoms with E-state index >= 15 is 0 Å². The molecule has 0 amide bonds. The molecule has 1 aromatic carbocycles. The summed E-state index contributed by atoms with van der Waals surface area (Å²) in [6.45, 7) is 4.90. The van der Waals surface area contributed by atoms with E-state index in [4.69, 9.17) is 0 Å². The highest BCUT2D eigenvalue weighted by Crippen LogP contribution is 2.21. The molecule has 30 heavy (non-hydrogen) atoms. The van der Waals surface area contributed by atoms with Crippen LogP contribution in [0.25, 0.3) is 0 Å². The zero-order valence-corrected chi connectivity index (χ0v) is 19.4. The van der Waals surface area contributed by atoms with E-state index in [0.717, 1.165) is 43.8 Å². The van der Waals surface area contributed by atoms with Crippen molar-refractivity contribution in [3.05, 3.63) is 52.2 Å². The highest BCUT2D eigenvalue weighted by atomic mass is 32.2. The van der Waals surface area contributed by atoms with E-state index in [1.165, 1.54) is 4.88 Å². The molecule has 1 aliphatic rings. The van der Waals surface area contributed by atoms with Gasteiger partial charge >= 0.3 is 0 Å². The van der Waals surface area contributed by atoms with E-state index in [1.54, 1.807) is 34.8 Å². The molecule has 2 N–H and O–H groups in total. The Labute approximate surface area is 184 Å². The second-order valence-corrected chi connectivity index (χ2v) is 10.8. The van der Waals surface area contributed by atoms with Gasteiger partial charge in [-0.05, 0) is 54.3 Å². The molecule has 1 fully saturated rings. The van der Waals surface area contributed by atoms with Crippen molar-refractivity contribution in [2.45, 2.75) is 44.0 Å².